The zero-order chi connectivity index (χ0) is 23.1. The van der Waals surface area contributed by atoms with E-state index in [-0.39, 0.29) is 11.9 Å². The number of aryl methyl sites for hydroxylation is 2. The fourth-order valence-corrected chi connectivity index (χ4v) is 4.93. The minimum Gasteiger partial charge on any atom is -0.465 e. The highest BCUT2D eigenvalue weighted by molar-refractivity contribution is 5.98. The Hall–Kier alpha value is -3.81. The van der Waals surface area contributed by atoms with Crippen LogP contribution < -0.4 is 5.32 Å². The molecule has 1 fully saturated rings. The summed E-state index contributed by atoms with van der Waals surface area (Å²) in [5, 5.41) is 12.7. The maximum Gasteiger partial charge on any atom is 0.404 e. The van der Waals surface area contributed by atoms with Crippen LogP contribution in [0, 0.1) is 0 Å². The number of carbonyl (C=O) groups excluding carboxylic acids is 1. The highest BCUT2D eigenvalue weighted by atomic mass is 16.4. The molecule has 0 radical (unpaired) electrons. The molecule has 2 amide bonds. The summed E-state index contributed by atoms with van der Waals surface area (Å²) in [4.78, 5) is 30.8. The molecule has 5 rings (SSSR count). The number of aromatic nitrogens is 3. The number of hydrogen-bond donors (Lipinski definition) is 2. The van der Waals surface area contributed by atoms with Crippen LogP contribution in [-0.4, -0.2) is 55.3 Å². The molecule has 3 heterocycles. The molecule has 0 bridgehead atoms. The van der Waals surface area contributed by atoms with E-state index >= 15 is 0 Å². The van der Waals surface area contributed by atoms with Crippen LogP contribution in [0.25, 0.3) is 33.5 Å². The molecule has 0 aliphatic carbocycles. The second-order valence-electron chi connectivity index (χ2n) is 8.57. The van der Waals surface area contributed by atoms with Crippen LogP contribution >= 0.6 is 0 Å². The molecular weight excluding hydrogens is 418 g/mol. The number of piperidine rings is 1. The number of imidazole rings is 1. The molecule has 2 aromatic heterocycles. The minimum atomic E-state index is -1.05. The number of hydrogen-bond acceptors (Lipinski definition) is 3. The van der Waals surface area contributed by atoms with Crippen molar-refractivity contribution in [3.63, 3.8) is 0 Å². The fraction of sp³-hybridized carbons (Fsp3) is 0.320. The van der Waals surface area contributed by atoms with E-state index < -0.39 is 6.09 Å². The quantitative estimate of drug-likeness (QED) is 0.495. The molecule has 1 aliphatic heterocycles. The topological polar surface area (TPSA) is 92.4 Å². The van der Waals surface area contributed by atoms with Crippen LogP contribution in [0.1, 0.15) is 30.1 Å². The summed E-state index contributed by atoms with van der Waals surface area (Å²) in [7, 11) is 2.00. The predicted molar refractivity (Wildman–Crippen MR) is 127 cm³/mol. The van der Waals surface area contributed by atoms with E-state index in [1.54, 1.807) is 4.90 Å². The van der Waals surface area contributed by atoms with Crippen molar-refractivity contribution in [2.24, 2.45) is 7.05 Å². The van der Waals surface area contributed by atoms with Gasteiger partial charge in [-0.05, 0) is 50.1 Å². The molecule has 1 atom stereocenters. The Bertz CT molecular complexity index is 1370. The Kier molecular flexibility index (Phi) is 5.28. The Balaban J connectivity index is 1.49. The van der Waals surface area contributed by atoms with Crippen molar-refractivity contribution in [1.82, 2.24) is 24.3 Å². The molecule has 170 valence electrons. The van der Waals surface area contributed by atoms with Gasteiger partial charge in [0.1, 0.15) is 0 Å². The Morgan fingerprint density at radius 3 is 2.76 bits per heavy atom. The van der Waals surface area contributed by atoms with Gasteiger partial charge in [-0.1, -0.05) is 18.2 Å². The summed E-state index contributed by atoms with van der Waals surface area (Å²) in [5.74, 6) is 0.764. The van der Waals surface area contributed by atoms with E-state index in [2.05, 4.69) is 39.6 Å². The monoisotopic (exact) mass is 445 g/mol. The molecule has 1 unspecified atom stereocenters. The third-order valence-corrected chi connectivity index (χ3v) is 6.52. The van der Waals surface area contributed by atoms with Crippen molar-refractivity contribution in [1.29, 1.82) is 0 Å². The van der Waals surface area contributed by atoms with Crippen molar-refractivity contribution < 1.29 is 14.7 Å². The Morgan fingerprint density at radius 1 is 1.15 bits per heavy atom. The molecular formula is C25H27N5O3. The largest absolute Gasteiger partial charge is 0.465 e. The number of rotatable bonds is 4. The van der Waals surface area contributed by atoms with Gasteiger partial charge < -0.3 is 24.5 Å². The van der Waals surface area contributed by atoms with Gasteiger partial charge in [-0.2, -0.15) is 0 Å². The zero-order valence-electron chi connectivity index (χ0n) is 18.8. The number of benzene rings is 2. The summed E-state index contributed by atoms with van der Waals surface area (Å²) >= 11 is 0. The number of likely N-dealkylation sites (tertiary alicyclic amines) is 1. The van der Waals surface area contributed by atoms with Gasteiger partial charge in [0.2, 0.25) is 0 Å². The van der Waals surface area contributed by atoms with Gasteiger partial charge in [0.05, 0.1) is 16.7 Å². The lowest BCUT2D eigenvalue weighted by Gasteiger charge is -2.32. The van der Waals surface area contributed by atoms with Crippen molar-refractivity contribution in [2.75, 3.05) is 13.1 Å². The fourth-order valence-electron chi connectivity index (χ4n) is 4.93. The molecule has 1 aliphatic rings. The summed E-state index contributed by atoms with van der Waals surface area (Å²) in [5.41, 5.74) is 4.51. The molecule has 4 aromatic rings. The Morgan fingerprint density at radius 2 is 1.97 bits per heavy atom. The first-order chi connectivity index (χ1) is 16.0. The molecule has 0 saturated carbocycles. The maximum absolute atomic E-state index is 13.2. The second-order valence-corrected chi connectivity index (χ2v) is 8.57. The third kappa shape index (κ3) is 3.71. The average molecular weight is 446 g/mol. The zero-order valence-corrected chi connectivity index (χ0v) is 18.8. The van der Waals surface area contributed by atoms with Crippen molar-refractivity contribution >= 4 is 33.9 Å². The maximum atomic E-state index is 13.2. The second kappa shape index (κ2) is 8.27. The predicted octanol–water partition coefficient (Wildman–Crippen LogP) is 4.09. The lowest BCUT2D eigenvalue weighted by Crippen LogP contribution is -2.49. The highest BCUT2D eigenvalue weighted by Gasteiger charge is 2.26. The first kappa shape index (κ1) is 21.1. The van der Waals surface area contributed by atoms with Gasteiger partial charge in [0.25, 0.3) is 5.91 Å². The summed E-state index contributed by atoms with van der Waals surface area (Å²) in [6.45, 7) is 3.96. The number of fused-ring (bicyclic) bond motifs is 2. The molecule has 2 aromatic carbocycles. The normalized spacial score (nSPS) is 16.4. The number of nitrogens with zero attached hydrogens (tertiary/aromatic N) is 4. The van der Waals surface area contributed by atoms with Crippen LogP contribution in [0.15, 0.2) is 48.5 Å². The lowest BCUT2D eigenvalue weighted by atomic mass is 10.0. The standard InChI is InChI=1S/C25H27N5O3/c1-3-30-20-9-5-4-7-16(20)14-22(30)23-27-19-13-17(10-11-21(19)28(23)2)24(31)29-12-6-8-18(15-29)26-25(32)33/h4-5,7,9-11,13-14,18,26H,3,6,8,12,15H2,1-2H3,(H,32,33). The number of para-hydroxylation sites is 1. The van der Waals surface area contributed by atoms with Gasteiger partial charge in [0.15, 0.2) is 5.82 Å². The van der Waals surface area contributed by atoms with Gasteiger partial charge in [-0.25, -0.2) is 9.78 Å². The lowest BCUT2D eigenvalue weighted by molar-refractivity contribution is 0.0692. The number of carbonyl (C=O) groups is 2. The average Bonchev–Trinajstić information content (AvgIpc) is 3.35. The molecule has 8 nitrogen and oxygen atoms in total. The van der Waals surface area contributed by atoms with Crippen molar-refractivity contribution in [3.8, 4) is 11.5 Å². The summed E-state index contributed by atoms with van der Waals surface area (Å²) in [6, 6.07) is 15.8. The highest BCUT2D eigenvalue weighted by Crippen LogP contribution is 2.30. The van der Waals surface area contributed by atoms with Gasteiger partial charge in [0, 0.05) is 49.2 Å². The van der Waals surface area contributed by atoms with Crippen LogP contribution in [-0.2, 0) is 13.6 Å². The van der Waals surface area contributed by atoms with Crippen LogP contribution in [0.3, 0.4) is 0 Å². The van der Waals surface area contributed by atoms with Gasteiger partial charge in [-0.15, -0.1) is 0 Å². The van der Waals surface area contributed by atoms with Crippen molar-refractivity contribution in [2.45, 2.75) is 32.4 Å². The van der Waals surface area contributed by atoms with Gasteiger partial charge in [-0.3, -0.25) is 4.79 Å². The SMILES string of the molecule is CCn1c(-c2nc3cc(C(=O)N4CCCC(NC(=O)O)C4)ccc3n2C)cc2ccccc21. The number of nitrogens with one attached hydrogen (secondary N) is 1. The molecule has 33 heavy (non-hydrogen) atoms. The first-order valence-corrected chi connectivity index (χ1v) is 11.3. The van der Waals surface area contributed by atoms with E-state index in [0.717, 1.165) is 41.9 Å². The molecule has 2 N–H and O–H groups in total. The van der Waals surface area contributed by atoms with Crippen LogP contribution in [0.2, 0.25) is 0 Å². The molecule has 8 heteroatoms. The Labute approximate surface area is 191 Å². The summed E-state index contributed by atoms with van der Waals surface area (Å²) < 4.78 is 4.32. The van der Waals surface area contributed by atoms with Crippen LogP contribution in [0.5, 0.6) is 0 Å². The van der Waals surface area contributed by atoms with E-state index in [1.165, 1.54) is 10.9 Å². The van der Waals surface area contributed by atoms with E-state index in [9.17, 15) is 9.59 Å². The van der Waals surface area contributed by atoms with Crippen LogP contribution in [0.4, 0.5) is 4.79 Å². The van der Waals surface area contributed by atoms with E-state index in [0.29, 0.717) is 18.7 Å². The first-order valence-electron chi connectivity index (χ1n) is 11.3. The molecule has 1 saturated heterocycles. The summed E-state index contributed by atoms with van der Waals surface area (Å²) in [6.07, 6.45) is 0.458. The van der Waals surface area contributed by atoms with Gasteiger partial charge >= 0.3 is 6.09 Å². The van der Waals surface area contributed by atoms with Crippen molar-refractivity contribution in [3.05, 3.63) is 54.1 Å². The number of carboxylic acid groups (broad SMARTS) is 1. The molecule has 0 spiro atoms. The number of amides is 2. The smallest absolute Gasteiger partial charge is 0.404 e. The minimum absolute atomic E-state index is 0.0938. The van der Waals surface area contributed by atoms with E-state index in [1.807, 2.05) is 37.4 Å². The van der Waals surface area contributed by atoms with E-state index in [4.69, 9.17) is 10.1 Å². The third-order valence-electron chi connectivity index (χ3n) is 6.52.